The highest BCUT2D eigenvalue weighted by molar-refractivity contribution is 7.99. The molecule has 0 aliphatic carbocycles. The summed E-state index contributed by atoms with van der Waals surface area (Å²) < 4.78 is 6.22. The molecule has 0 spiro atoms. The topological polar surface area (TPSA) is 54.5 Å². The molecule has 0 unspecified atom stereocenters. The van der Waals surface area contributed by atoms with Crippen LogP contribution in [0.2, 0.25) is 0 Å². The van der Waals surface area contributed by atoms with Crippen LogP contribution in [-0.4, -0.2) is 52.5 Å². The summed E-state index contributed by atoms with van der Waals surface area (Å²) >= 11 is 2.08. The fraction of sp³-hybridized carbons (Fsp3) is 0.478. The van der Waals surface area contributed by atoms with E-state index >= 15 is 0 Å². The Balaban J connectivity index is 1.27. The quantitative estimate of drug-likeness (QED) is 0.785. The minimum atomic E-state index is -0.0932. The third kappa shape index (κ3) is 5.73. The molecule has 2 fully saturated rings. The van der Waals surface area contributed by atoms with Crippen LogP contribution < -0.4 is 10.1 Å². The normalized spacial score (nSPS) is 19.0. The highest BCUT2D eigenvalue weighted by Gasteiger charge is 2.27. The van der Waals surface area contributed by atoms with Crippen LogP contribution in [0.4, 0.5) is 0 Å². The smallest absolute Gasteiger partial charge is 0.251 e. The van der Waals surface area contributed by atoms with Gasteiger partial charge in [0.1, 0.15) is 11.9 Å². The molecule has 1 amide bonds. The SMILES string of the molecule is O=C(NCc1cccnc1)c1cccc(OC2CCN(C3CCSCC3)CC2)c1. The van der Waals surface area contributed by atoms with Gasteiger partial charge in [-0.15, -0.1) is 0 Å². The standard InChI is InChI=1S/C23H29N3O2S/c27-23(25-17-18-3-2-10-24-16-18)19-4-1-5-22(15-19)28-21-6-11-26(12-7-21)20-8-13-29-14-9-20/h1-5,10,15-16,20-21H,6-9,11-14,17H2,(H,25,27). The lowest BCUT2D eigenvalue weighted by atomic mass is 10.0. The predicted molar refractivity (Wildman–Crippen MR) is 117 cm³/mol. The van der Waals surface area contributed by atoms with E-state index in [1.54, 1.807) is 12.4 Å². The second kappa shape index (κ2) is 10.1. The van der Waals surface area contributed by atoms with Crippen molar-refractivity contribution in [2.75, 3.05) is 24.6 Å². The molecule has 154 valence electrons. The lowest BCUT2D eigenvalue weighted by Crippen LogP contribution is -2.45. The van der Waals surface area contributed by atoms with Gasteiger partial charge in [-0.3, -0.25) is 9.78 Å². The van der Waals surface area contributed by atoms with Crippen molar-refractivity contribution in [2.24, 2.45) is 0 Å². The van der Waals surface area contributed by atoms with Crippen LogP contribution in [0.25, 0.3) is 0 Å². The number of rotatable bonds is 6. The first-order chi connectivity index (χ1) is 14.3. The van der Waals surface area contributed by atoms with Gasteiger partial charge in [-0.1, -0.05) is 12.1 Å². The Morgan fingerprint density at radius 1 is 1.14 bits per heavy atom. The van der Waals surface area contributed by atoms with Crippen molar-refractivity contribution in [1.82, 2.24) is 15.2 Å². The fourth-order valence-corrected chi connectivity index (χ4v) is 5.18. The van der Waals surface area contributed by atoms with Gasteiger partial charge in [-0.25, -0.2) is 0 Å². The molecule has 0 atom stereocenters. The second-order valence-electron chi connectivity index (χ2n) is 7.77. The number of nitrogens with zero attached hydrogens (tertiary/aromatic N) is 2. The van der Waals surface area contributed by atoms with E-state index < -0.39 is 0 Å². The van der Waals surface area contributed by atoms with Crippen LogP contribution in [0, 0.1) is 0 Å². The molecule has 4 rings (SSSR count). The van der Waals surface area contributed by atoms with Crippen molar-refractivity contribution in [1.29, 1.82) is 0 Å². The number of nitrogens with one attached hydrogen (secondary N) is 1. The minimum Gasteiger partial charge on any atom is -0.490 e. The molecule has 5 nitrogen and oxygen atoms in total. The summed E-state index contributed by atoms with van der Waals surface area (Å²) in [4.78, 5) is 19.2. The lowest BCUT2D eigenvalue weighted by molar-refractivity contribution is 0.0723. The zero-order valence-corrected chi connectivity index (χ0v) is 17.6. The Morgan fingerprint density at radius 3 is 2.72 bits per heavy atom. The van der Waals surface area contributed by atoms with E-state index in [-0.39, 0.29) is 12.0 Å². The highest BCUT2D eigenvalue weighted by atomic mass is 32.2. The molecule has 2 aliphatic rings. The fourth-order valence-electron chi connectivity index (χ4n) is 4.10. The largest absolute Gasteiger partial charge is 0.490 e. The second-order valence-corrected chi connectivity index (χ2v) is 8.99. The van der Waals surface area contributed by atoms with Gasteiger partial charge in [0.25, 0.3) is 5.91 Å². The Bertz CT molecular complexity index is 788. The van der Waals surface area contributed by atoms with Crippen molar-refractivity contribution >= 4 is 17.7 Å². The van der Waals surface area contributed by atoms with Gasteiger partial charge >= 0.3 is 0 Å². The number of piperidine rings is 1. The van der Waals surface area contributed by atoms with Gasteiger partial charge < -0.3 is 15.0 Å². The molecule has 1 aromatic heterocycles. The number of carbonyl (C=O) groups is 1. The van der Waals surface area contributed by atoms with E-state index in [0.717, 1.165) is 43.3 Å². The molecule has 29 heavy (non-hydrogen) atoms. The van der Waals surface area contributed by atoms with Gasteiger partial charge in [-0.2, -0.15) is 11.8 Å². The number of amides is 1. The maximum Gasteiger partial charge on any atom is 0.251 e. The third-order valence-corrected chi connectivity index (χ3v) is 6.81. The Morgan fingerprint density at radius 2 is 1.97 bits per heavy atom. The van der Waals surface area contributed by atoms with Gasteiger partial charge in [0.05, 0.1) is 0 Å². The van der Waals surface area contributed by atoms with Crippen molar-refractivity contribution < 1.29 is 9.53 Å². The summed E-state index contributed by atoms with van der Waals surface area (Å²) in [5.74, 6) is 3.30. The van der Waals surface area contributed by atoms with Gasteiger partial charge in [0, 0.05) is 43.6 Å². The summed E-state index contributed by atoms with van der Waals surface area (Å²) in [5, 5.41) is 2.95. The van der Waals surface area contributed by atoms with E-state index in [4.69, 9.17) is 4.74 Å². The number of ether oxygens (including phenoxy) is 1. The van der Waals surface area contributed by atoms with Crippen molar-refractivity contribution in [3.63, 3.8) is 0 Å². The van der Waals surface area contributed by atoms with E-state index in [9.17, 15) is 4.79 Å². The maximum absolute atomic E-state index is 12.5. The first-order valence-electron chi connectivity index (χ1n) is 10.5. The van der Waals surface area contributed by atoms with Gasteiger partial charge in [0.2, 0.25) is 0 Å². The van der Waals surface area contributed by atoms with Crippen molar-refractivity contribution in [3.05, 3.63) is 59.9 Å². The summed E-state index contributed by atoms with van der Waals surface area (Å²) in [5.41, 5.74) is 1.61. The molecule has 0 radical (unpaired) electrons. The van der Waals surface area contributed by atoms with Crippen molar-refractivity contribution in [3.8, 4) is 5.75 Å². The van der Waals surface area contributed by atoms with Crippen LogP contribution in [0.1, 0.15) is 41.6 Å². The summed E-state index contributed by atoms with van der Waals surface area (Å²) in [7, 11) is 0. The number of benzene rings is 1. The zero-order valence-electron chi connectivity index (χ0n) is 16.8. The molecule has 2 saturated heterocycles. The Kier molecular flexibility index (Phi) is 7.06. The number of hydrogen-bond acceptors (Lipinski definition) is 5. The molecule has 0 saturated carbocycles. The van der Waals surface area contributed by atoms with Crippen LogP contribution in [0.3, 0.4) is 0 Å². The summed E-state index contributed by atoms with van der Waals surface area (Å²) in [6, 6.07) is 12.1. The molecule has 1 aromatic carbocycles. The molecular weight excluding hydrogens is 382 g/mol. The number of thioether (sulfide) groups is 1. The number of likely N-dealkylation sites (tertiary alicyclic amines) is 1. The van der Waals surface area contributed by atoms with Crippen molar-refractivity contribution in [2.45, 2.75) is 44.4 Å². The molecule has 0 bridgehead atoms. The molecule has 6 heteroatoms. The van der Waals surface area contributed by atoms with E-state index in [1.165, 1.54) is 24.3 Å². The first-order valence-corrected chi connectivity index (χ1v) is 11.7. The molecule has 1 N–H and O–H groups in total. The van der Waals surface area contributed by atoms with E-state index in [2.05, 4.69) is 27.0 Å². The van der Waals surface area contributed by atoms with Crippen LogP contribution >= 0.6 is 11.8 Å². The molecule has 2 aliphatic heterocycles. The maximum atomic E-state index is 12.5. The monoisotopic (exact) mass is 411 g/mol. The van der Waals surface area contributed by atoms with Crippen LogP contribution in [0.5, 0.6) is 5.75 Å². The minimum absolute atomic E-state index is 0.0932. The van der Waals surface area contributed by atoms with Crippen LogP contribution in [0.15, 0.2) is 48.8 Å². The predicted octanol–water partition coefficient (Wildman–Crippen LogP) is 3.75. The summed E-state index contributed by atoms with van der Waals surface area (Å²) in [6.07, 6.45) is 8.49. The number of aromatic nitrogens is 1. The van der Waals surface area contributed by atoms with Gasteiger partial charge in [-0.05, 0) is 67.0 Å². The molecule has 3 heterocycles. The number of pyridine rings is 1. The van der Waals surface area contributed by atoms with E-state index in [0.29, 0.717) is 12.1 Å². The average molecular weight is 412 g/mol. The molecule has 2 aromatic rings. The number of carbonyl (C=O) groups excluding carboxylic acids is 1. The van der Waals surface area contributed by atoms with Crippen LogP contribution in [-0.2, 0) is 6.54 Å². The average Bonchev–Trinajstić information content (AvgIpc) is 2.79. The number of hydrogen-bond donors (Lipinski definition) is 1. The van der Waals surface area contributed by atoms with Gasteiger partial charge in [0.15, 0.2) is 0 Å². The van der Waals surface area contributed by atoms with E-state index in [1.807, 2.05) is 36.4 Å². The molecular formula is C23H29N3O2S. The Hall–Kier alpha value is -2.05. The summed E-state index contributed by atoms with van der Waals surface area (Å²) in [6.45, 7) is 2.70. The lowest BCUT2D eigenvalue weighted by Gasteiger charge is -2.39. The Labute approximate surface area is 177 Å². The zero-order chi connectivity index (χ0) is 19.9. The first kappa shape index (κ1) is 20.2. The highest BCUT2D eigenvalue weighted by Crippen LogP contribution is 2.26. The third-order valence-electron chi connectivity index (χ3n) is 5.76.